The van der Waals surface area contributed by atoms with Crippen LogP contribution in [0.25, 0.3) is 0 Å². The molecule has 0 saturated carbocycles. The number of hydrogen-bond donors (Lipinski definition) is 1. The van der Waals surface area contributed by atoms with Crippen molar-refractivity contribution in [1.29, 1.82) is 5.26 Å². The minimum atomic E-state index is -0.698. The Balaban J connectivity index is 2.14. The van der Waals surface area contributed by atoms with Gasteiger partial charge in [0.15, 0.2) is 0 Å². The van der Waals surface area contributed by atoms with Crippen molar-refractivity contribution in [2.45, 2.75) is 26.4 Å². The molecule has 0 amide bonds. The summed E-state index contributed by atoms with van der Waals surface area (Å²) in [5, 5.41) is 11.8. The molecule has 0 bridgehead atoms. The second-order valence-electron chi connectivity index (χ2n) is 4.99. The predicted octanol–water partition coefficient (Wildman–Crippen LogP) is 4.00. The maximum Gasteiger partial charge on any atom is 0.131 e. The average molecular weight is 286 g/mol. The van der Waals surface area contributed by atoms with E-state index in [9.17, 15) is 8.78 Å². The molecule has 2 nitrogen and oxygen atoms in total. The van der Waals surface area contributed by atoms with Gasteiger partial charge in [-0.3, -0.25) is 0 Å². The molecule has 108 valence electrons. The molecule has 2 aromatic rings. The summed E-state index contributed by atoms with van der Waals surface area (Å²) in [7, 11) is 0. The van der Waals surface area contributed by atoms with E-state index >= 15 is 0 Å². The summed E-state index contributed by atoms with van der Waals surface area (Å²) in [6.07, 6.45) is 0. The standard InChI is InChI=1S/C17H16F2N2/c1-11-5-3-4-6-14(11)12(2)21-10-15-16(18)7-13(9-20)8-17(15)19/h3-8,12,21H,10H2,1-2H3. The zero-order valence-corrected chi connectivity index (χ0v) is 12.0. The van der Waals surface area contributed by atoms with Crippen molar-refractivity contribution in [1.82, 2.24) is 5.32 Å². The fraction of sp³-hybridized carbons (Fsp3) is 0.235. The molecule has 21 heavy (non-hydrogen) atoms. The first-order valence-corrected chi connectivity index (χ1v) is 6.70. The summed E-state index contributed by atoms with van der Waals surface area (Å²) in [6.45, 7) is 4.01. The lowest BCUT2D eigenvalue weighted by molar-refractivity contribution is 0.508. The number of nitrogens with zero attached hydrogens (tertiary/aromatic N) is 1. The zero-order valence-electron chi connectivity index (χ0n) is 12.0. The molecule has 2 aromatic carbocycles. The van der Waals surface area contributed by atoms with Crippen LogP contribution in [0.15, 0.2) is 36.4 Å². The van der Waals surface area contributed by atoms with Gasteiger partial charge >= 0.3 is 0 Å². The van der Waals surface area contributed by atoms with Crippen molar-refractivity contribution >= 4 is 0 Å². The summed E-state index contributed by atoms with van der Waals surface area (Å²) >= 11 is 0. The molecule has 4 heteroatoms. The molecule has 2 rings (SSSR count). The Morgan fingerprint density at radius 2 is 1.81 bits per heavy atom. The van der Waals surface area contributed by atoms with Gasteiger partial charge < -0.3 is 5.32 Å². The van der Waals surface area contributed by atoms with E-state index in [1.54, 1.807) is 6.07 Å². The molecule has 0 fully saturated rings. The SMILES string of the molecule is Cc1ccccc1C(C)NCc1c(F)cc(C#N)cc1F. The largest absolute Gasteiger partial charge is 0.306 e. The third-order valence-electron chi connectivity index (χ3n) is 3.51. The van der Waals surface area contributed by atoms with Crippen molar-refractivity contribution in [3.05, 3.63) is 70.3 Å². The molecule has 0 spiro atoms. The summed E-state index contributed by atoms with van der Waals surface area (Å²) in [4.78, 5) is 0. The highest BCUT2D eigenvalue weighted by Gasteiger charge is 2.13. The van der Waals surface area contributed by atoms with Crippen LogP contribution in [0.5, 0.6) is 0 Å². The van der Waals surface area contributed by atoms with E-state index in [2.05, 4.69) is 5.32 Å². The second kappa shape index (κ2) is 6.47. The molecular weight excluding hydrogens is 270 g/mol. The van der Waals surface area contributed by atoms with Gasteiger partial charge in [0.05, 0.1) is 11.6 Å². The minimum absolute atomic E-state index is 0.0132. The molecule has 0 aliphatic heterocycles. The Bertz CT molecular complexity index is 666. The number of nitrogens with one attached hydrogen (secondary N) is 1. The lowest BCUT2D eigenvalue weighted by Gasteiger charge is -2.17. The van der Waals surface area contributed by atoms with Crippen LogP contribution in [0.1, 0.15) is 35.2 Å². The van der Waals surface area contributed by atoms with Gasteiger partial charge in [0.1, 0.15) is 11.6 Å². The molecule has 0 heterocycles. The van der Waals surface area contributed by atoms with E-state index in [4.69, 9.17) is 5.26 Å². The summed E-state index contributed by atoms with van der Waals surface area (Å²) in [5.41, 5.74) is 2.15. The quantitative estimate of drug-likeness (QED) is 0.922. The van der Waals surface area contributed by atoms with Crippen molar-refractivity contribution < 1.29 is 8.78 Å². The third kappa shape index (κ3) is 3.45. The lowest BCUT2D eigenvalue weighted by Crippen LogP contribution is -2.20. The highest BCUT2D eigenvalue weighted by atomic mass is 19.1. The maximum absolute atomic E-state index is 13.8. The van der Waals surface area contributed by atoms with E-state index < -0.39 is 11.6 Å². The van der Waals surface area contributed by atoms with Gasteiger partial charge in [-0.25, -0.2) is 8.78 Å². The molecule has 1 atom stereocenters. The molecule has 0 aliphatic carbocycles. The van der Waals surface area contributed by atoms with Gasteiger partial charge in [0.2, 0.25) is 0 Å². The van der Waals surface area contributed by atoms with E-state index in [1.807, 2.05) is 38.1 Å². The number of nitriles is 1. The molecule has 1 N–H and O–H groups in total. The van der Waals surface area contributed by atoms with Crippen LogP contribution in [0.4, 0.5) is 8.78 Å². The average Bonchev–Trinajstić information content (AvgIpc) is 2.46. The fourth-order valence-corrected chi connectivity index (χ4v) is 2.27. The molecule has 0 radical (unpaired) electrons. The van der Waals surface area contributed by atoms with Crippen LogP contribution in [0, 0.1) is 29.9 Å². The summed E-state index contributed by atoms with van der Waals surface area (Å²) in [6, 6.07) is 11.7. The van der Waals surface area contributed by atoms with Gasteiger partial charge in [-0.1, -0.05) is 24.3 Å². The van der Waals surface area contributed by atoms with E-state index in [0.717, 1.165) is 23.3 Å². The fourth-order valence-electron chi connectivity index (χ4n) is 2.27. The van der Waals surface area contributed by atoms with Gasteiger partial charge in [0.25, 0.3) is 0 Å². The first-order valence-electron chi connectivity index (χ1n) is 6.70. The first-order chi connectivity index (χ1) is 10.0. The molecule has 1 unspecified atom stereocenters. The molecular formula is C17H16F2N2. The van der Waals surface area contributed by atoms with Crippen molar-refractivity contribution in [2.24, 2.45) is 0 Å². The van der Waals surface area contributed by atoms with Gasteiger partial charge in [0, 0.05) is 18.2 Å². The lowest BCUT2D eigenvalue weighted by atomic mass is 10.0. The second-order valence-corrected chi connectivity index (χ2v) is 4.99. The highest BCUT2D eigenvalue weighted by Crippen LogP contribution is 2.19. The summed E-state index contributed by atoms with van der Waals surface area (Å²) in [5.74, 6) is -1.40. The van der Waals surface area contributed by atoms with Crippen LogP contribution in [0.3, 0.4) is 0 Å². The Morgan fingerprint density at radius 3 is 2.38 bits per heavy atom. The van der Waals surface area contributed by atoms with Crippen molar-refractivity contribution in [2.75, 3.05) is 0 Å². The van der Waals surface area contributed by atoms with Crippen LogP contribution < -0.4 is 5.32 Å². The molecule has 0 aliphatic rings. The minimum Gasteiger partial charge on any atom is -0.306 e. The number of benzene rings is 2. The highest BCUT2D eigenvalue weighted by molar-refractivity contribution is 5.34. The van der Waals surface area contributed by atoms with Crippen LogP contribution in [0.2, 0.25) is 0 Å². The van der Waals surface area contributed by atoms with Gasteiger partial charge in [-0.15, -0.1) is 0 Å². The zero-order chi connectivity index (χ0) is 15.4. The van der Waals surface area contributed by atoms with Crippen LogP contribution >= 0.6 is 0 Å². The normalized spacial score (nSPS) is 12.0. The topological polar surface area (TPSA) is 35.8 Å². The molecule has 0 aromatic heterocycles. The van der Waals surface area contributed by atoms with Gasteiger partial charge in [-0.05, 0) is 37.1 Å². The number of rotatable bonds is 4. The maximum atomic E-state index is 13.8. The number of halogens is 2. The number of aryl methyl sites for hydroxylation is 1. The first kappa shape index (κ1) is 15.1. The summed E-state index contributed by atoms with van der Waals surface area (Å²) < 4.78 is 27.6. The predicted molar refractivity (Wildman–Crippen MR) is 77.5 cm³/mol. The Hall–Kier alpha value is -2.25. The van der Waals surface area contributed by atoms with Crippen molar-refractivity contribution in [3.63, 3.8) is 0 Å². The molecule has 0 saturated heterocycles. The van der Waals surface area contributed by atoms with E-state index in [-0.39, 0.29) is 23.7 Å². The monoisotopic (exact) mass is 286 g/mol. The smallest absolute Gasteiger partial charge is 0.131 e. The van der Waals surface area contributed by atoms with Crippen molar-refractivity contribution in [3.8, 4) is 6.07 Å². The Kier molecular flexibility index (Phi) is 4.66. The van der Waals surface area contributed by atoms with E-state index in [0.29, 0.717) is 0 Å². The van der Waals surface area contributed by atoms with E-state index in [1.165, 1.54) is 0 Å². The number of hydrogen-bond acceptors (Lipinski definition) is 2. The Labute approximate surface area is 123 Å². The van der Waals surface area contributed by atoms with Crippen LogP contribution in [-0.2, 0) is 6.54 Å². The van der Waals surface area contributed by atoms with Crippen LogP contribution in [-0.4, -0.2) is 0 Å². The van der Waals surface area contributed by atoms with Gasteiger partial charge in [-0.2, -0.15) is 5.26 Å². The Morgan fingerprint density at radius 1 is 1.19 bits per heavy atom. The third-order valence-corrected chi connectivity index (χ3v) is 3.51.